The van der Waals surface area contributed by atoms with Crippen LogP contribution < -0.4 is 0 Å². The van der Waals surface area contributed by atoms with Crippen LogP contribution in [-0.4, -0.2) is 24.0 Å². The Hall–Kier alpha value is -0.0400. The van der Waals surface area contributed by atoms with Gasteiger partial charge >= 0.3 is 0 Å². The van der Waals surface area contributed by atoms with Gasteiger partial charge in [0.1, 0.15) is 0 Å². The second-order valence-corrected chi connectivity index (χ2v) is 5.25. The van der Waals surface area contributed by atoms with Crippen molar-refractivity contribution in [2.75, 3.05) is 13.1 Å². The molecule has 1 heterocycles. The van der Waals surface area contributed by atoms with Crippen molar-refractivity contribution in [2.45, 2.75) is 58.4 Å². The number of nitrogens with zero attached hydrogens (tertiary/aromatic N) is 1. The van der Waals surface area contributed by atoms with Gasteiger partial charge in [0.05, 0.1) is 0 Å². The van der Waals surface area contributed by atoms with Crippen molar-refractivity contribution in [3.8, 4) is 0 Å². The topological polar surface area (TPSA) is 3.24 Å². The minimum Gasteiger partial charge on any atom is -0.299 e. The second kappa shape index (κ2) is 3.61. The zero-order valence-electron chi connectivity index (χ0n) is 9.18. The summed E-state index contributed by atoms with van der Waals surface area (Å²) in [5.41, 5.74) is 0.794. The molecule has 0 bridgehead atoms. The van der Waals surface area contributed by atoms with Crippen LogP contribution in [0.25, 0.3) is 0 Å². The molecule has 2 fully saturated rings. The predicted octanol–water partition coefficient (Wildman–Crippen LogP) is 3.05. The summed E-state index contributed by atoms with van der Waals surface area (Å²) in [5.74, 6) is 0. The van der Waals surface area contributed by atoms with E-state index < -0.39 is 0 Å². The van der Waals surface area contributed by atoms with Gasteiger partial charge in [0, 0.05) is 19.1 Å². The van der Waals surface area contributed by atoms with E-state index in [1.165, 1.54) is 51.6 Å². The number of hydrogen-bond acceptors (Lipinski definition) is 1. The molecule has 1 saturated carbocycles. The molecular formula is C12H23N. The average Bonchev–Trinajstić information content (AvgIpc) is 2.49. The highest BCUT2D eigenvalue weighted by molar-refractivity contribution is 4.99. The van der Waals surface area contributed by atoms with Crippen molar-refractivity contribution in [3.63, 3.8) is 0 Å². The van der Waals surface area contributed by atoms with Crippen LogP contribution in [0.3, 0.4) is 0 Å². The van der Waals surface area contributed by atoms with Crippen molar-refractivity contribution >= 4 is 0 Å². The van der Waals surface area contributed by atoms with E-state index in [0.29, 0.717) is 0 Å². The molecule has 13 heavy (non-hydrogen) atoms. The first kappa shape index (κ1) is 9.51. The van der Waals surface area contributed by atoms with Gasteiger partial charge in [-0.2, -0.15) is 0 Å². The van der Waals surface area contributed by atoms with E-state index in [2.05, 4.69) is 18.7 Å². The standard InChI is InChI=1S/C12H23N/c1-3-6-11(2)13-9-12(10-13)7-4-5-8-12/h11H,3-10H2,1-2H3. The molecule has 1 saturated heterocycles. The maximum Gasteiger partial charge on any atom is 0.00673 e. The molecule has 1 unspecified atom stereocenters. The SMILES string of the molecule is CCCC(C)N1CC2(CCCC2)C1. The highest BCUT2D eigenvalue weighted by Crippen LogP contribution is 2.46. The van der Waals surface area contributed by atoms with Gasteiger partial charge in [-0.15, -0.1) is 0 Å². The molecule has 0 N–H and O–H groups in total. The van der Waals surface area contributed by atoms with E-state index in [1.54, 1.807) is 0 Å². The molecule has 1 heteroatoms. The molecule has 2 aliphatic rings. The summed E-state index contributed by atoms with van der Waals surface area (Å²) in [5, 5.41) is 0. The highest BCUT2D eigenvalue weighted by atomic mass is 15.2. The fourth-order valence-corrected chi connectivity index (χ4v) is 3.17. The molecule has 0 aromatic heterocycles. The zero-order chi connectivity index (χ0) is 9.31. The summed E-state index contributed by atoms with van der Waals surface area (Å²) in [4.78, 5) is 2.69. The van der Waals surface area contributed by atoms with Crippen LogP contribution in [0, 0.1) is 5.41 Å². The fraction of sp³-hybridized carbons (Fsp3) is 1.00. The number of rotatable bonds is 3. The largest absolute Gasteiger partial charge is 0.299 e. The molecule has 1 spiro atoms. The molecule has 0 radical (unpaired) electrons. The van der Waals surface area contributed by atoms with Crippen molar-refractivity contribution in [1.82, 2.24) is 4.90 Å². The summed E-state index contributed by atoms with van der Waals surface area (Å²) < 4.78 is 0. The van der Waals surface area contributed by atoms with Crippen molar-refractivity contribution < 1.29 is 0 Å². The van der Waals surface area contributed by atoms with Gasteiger partial charge in [0.2, 0.25) is 0 Å². The Labute approximate surface area is 82.5 Å². The summed E-state index contributed by atoms with van der Waals surface area (Å²) in [6, 6.07) is 0.844. The fourth-order valence-electron chi connectivity index (χ4n) is 3.17. The Morgan fingerprint density at radius 1 is 1.23 bits per heavy atom. The van der Waals surface area contributed by atoms with Crippen LogP contribution in [0.2, 0.25) is 0 Å². The number of likely N-dealkylation sites (tertiary alicyclic amines) is 1. The Morgan fingerprint density at radius 3 is 2.38 bits per heavy atom. The third-order valence-corrected chi connectivity index (χ3v) is 4.07. The summed E-state index contributed by atoms with van der Waals surface area (Å²) in [7, 11) is 0. The molecule has 1 nitrogen and oxygen atoms in total. The van der Waals surface area contributed by atoms with Crippen molar-refractivity contribution in [3.05, 3.63) is 0 Å². The normalized spacial score (nSPS) is 29.1. The molecule has 1 aliphatic heterocycles. The Kier molecular flexibility index (Phi) is 2.64. The molecule has 1 atom stereocenters. The lowest BCUT2D eigenvalue weighted by Gasteiger charge is -2.51. The lowest BCUT2D eigenvalue weighted by molar-refractivity contribution is -0.0240. The van der Waals surface area contributed by atoms with Crippen LogP contribution in [0.4, 0.5) is 0 Å². The smallest absolute Gasteiger partial charge is 0.00673 e. The van der Waals surface area contributed by atoms with Crippen LogP contribution >= 0.6 is 0 Å². The minimum atomic E-state index is 0.794. The average molecular weight is 181 g/mol. The van der Waals surface area contributed by atoms with E-state index in [-0.39, 0.29) is 0 Å². The Balaban J connectivity index is 1.76. The Bertz CT molecular complexity index is 162. The third kappa shape index (κ3) is 1.76. The van der Waals surface area contributed by atoms with E-state index in [1.807, 2.05) is 0 Å². The lowest BCUT2D eigenvalue weighted by Crippen LogP contribution is -2.57. The summed E-state index contributed by atoms with van der Waals surface area (Å²) >= 11 is 0. The first-order valence-electron chi connectivity index (χ1n) is 6.00. The summed E-state index contributed by atoms with van der Waals surface area (Å²) in [6.45, 7) is 7.51. The second-order valence-electron chi connectivity index (χ2n) is 5.25. The van der Waals surface area contributed by atoms with Gasteiger partial charge in [0.15, 0.2) is 0 Å². The van der Waals surface area contributed by atoms with Crippen LogP contribution in [0.5, 0.6) is 0 Å². The van der Waals surface area contributed by atoms with E-state index in [9.17, 15) is 0 Å². The van der Waals surface area contributed by atoms with E-state index in [0.717, 1.165) is 11.5 Å². The van der Waals surface area contributed by atoms with Gasteiger partial charge < -0.3 is 0 Å². The molecule has 1 aliphatic carbocycles. The molecule has 76 valence electrons. The highest BCUT2D eigenvalue weighted by Gasteiger charge is 2.45. The third-order valence-electron chi connectivity index (χ3n) is 4.07. The van der Waals surface area contributed by atoms with Crippen LogP contribution in [0.15, 0.2) is 0 Å². The molecule has 0 aromatic rings. The van der Waals surface area contributed by atoms with E-state index in [4.69, 9.17) is 0 Å². The maximum atomic E-state index is 2.69. The van der Waals surface area contributed by atoms with Gasteiger partial charge in [0.25, 0.3) is 0 Å². The molecular weight excluding hydrogens is 158 g/mol. The van der Waals surface area contributed by atoms with E-state index >= 15 is 0 Å². The zero-order valence-corrected chi connectivity index (χ0v) is 9.18. The van der Waals surface area contributed by atoms with Gasteiger partial charge in [-0.3, -0.25) is 4.90 Å². The monoisotopic (exact) mass is 181 g/mol. The van der Waals surface area contributed by atoms with Crippen molar-refractivity contribution in [1.29, 1.82) is 0 Å². The summed E-state index contributed by atoms with van der Waals surface area (Å²) in [6.07, 6.45) is 8.75. The first-order valence-corrected chi connectivity index (χ1v) is 6.00. The van der Waals surface area contributed by atoms with Gasteiger partial charge in [-0.1, -0.05) is 26.2 Å². The Morgan fingerprint density at radius 2 is 1.85 bits per heavy atom. The molecule has 0 amide bonds. The lowest BCUT2D eigenvalue weighted by atomic mass is 9.77. The number of hydrogen-bond donors (Lipinski definition) is 0. The quantitative estimate of drug-likeness (QED) is 0.647. The molecule has 2 rings (SSSR count). The maximum absolute atomic E-state index is 2.69. The minimum absolute atomic E-state index is 0.794. The van der Waals surface area contributed by atoms with Crippen LogP contribution in [-0.2, 0) is 0 Å². The van der Waals surface area contributed by atoms with Gasteiger partial charge in [-0.05, 0) is 31.6 Å². The molecule has 0 aromatic carbocycles. The predicted molar refractivity (Wildman–Crippen MR) is 56.8 cm³/mol. The van der Waals surface area contributed by atoms with Crippen LogP contribution in [0.1, 0.15) is 52.4 Å². The van der Waals surface area contributed by atoms with Crippen molar-refractivity contribution in [2.24, 2.45) is 5.41 Å². The van der Waals surface area contributed by atoms with Gasteiger partial charge in [-0.25, -0.2) is 0 Å². The first-order chi connectivity index (χ1) is 6.26.